The van der Waals surface area contributed by atoms with E-state index in [2.05, 4.69) is 11.2 Å². The van der Waals surface area contributed by atoms with Gasteiger partial charge in [-0.15, -0.1) is 6.42 Å². The highest BCUT2D eigenvalue weighted by atomic mass is 16.2. The predicted molar refractivity (Wildman–Crippen MR) is 76.6 cm³/mol. The van der Waals surface area contributed by atoms with Gasteiger partial charge in [0, 0.05) is 13.0 Å². The monoisotopic (exact) mass is 270 g/mol. The van der Waals surface area contributed by atoms with Crippen LogP contribution in [0.3, 0.4) is 0 Å². The van der Waals surface area contributed by atoms with E-state index in [1.807, 2.05) is 30.3 Å². The summed E-state index contributed by atoms with van der Waals surface area (Å²) in [6.45, 7) is 3.86. The number of terminal acetylenes is 1. The zero-order chi connectivity index (χ0) is 14.8. The van der Waals surface area contributed by atoms with Crippen LogP contribution in [0.2, 0.25) is 0 Å². The molecule has 1 aromatic rings. The summed E-state index contributed by atoms with van der Waals surface area (Å²) in [7, 11) is 0. The first-order valence-corrected chi connectivity index (χ1v) is 6.63. The predicted octanol–water partition coefficient (Wildman–Crippen LogP) is 1.27. The first kappa shape index (κ1) is 14.1. The number of rotatable bonds is 2. The van der Waals surface area contributed by atoms with Gasteiger partial charge in [-0.05, 0) is 19.4 Å². The van der Waals surface area contributed by atoms with Gasteiger partial charge < -0.3 is 10.2 Å². The van der Waals surface area contributed by atoms with E-state index in [0.717, 1.165) is 5.56 Å². The van der Waals surface area contributed by atoms with Crippen LogP contribution in [-0.4, -0.2) is 29.3 Å². The van der Waals surface area contributed by atoms with E-state index in [9.17, 15) is 9.59 Å². The SMILES string of the molecule is C#CC(C)N1CCC(=O)NC(C)(c2ccccc2)C1=O. The molecule has 1 aromatic carbocycles. The summed E-state index contributed by atoms with van der Waals surface area (Å²) in [5.41, 5.74) is -0.311. The highest BCUT2D eigenvalue weighted by Gasteiger charge is 2.43. The van der Waals surface area contributed by atoms with Gasteiger partial charge in [0.2, 0.25) is 5.91 Å². The number of hydrogen-bond donors (Lipinski definition) is 1. The van der Waals surface area contributed by atoms with Crippen LogP contribution in [0.5, 0.6) is 0 Å². The van der Waals surface area contributed by atoms with Crippen molar-refractivity contribution in [2.75, 3.05) is 6.54 Å². The lowest BCUT2D eigenvalue weighted by Gasteiger charge is -2.34. The molecule has 1 aliphatic heterocycles. The Bertz CT molecular complexity index is 562. The first-order valence-electron chi connectivity index (χ1n) is 6.63. The summed E-state index contributed by atoms with van der Waals surface area (Å²) in [5.74, 6) is 2.25. The number of nitrogens with zero attached hydrogens (tertiary/aromatic N) is 1. The van der Waals surface area contributed by atoms with Crippen molar-refractivity contribution in [3.63, 3.8) is 0 Å². The number of carbonyl (C=O) groups excluding carboxylic acids is 2. The minimum atomic E-state index is -1.07. The average Bonchev–Trinajstić information content (AvgIpc) is 2.58. The van der Waals surface area contributed by atoms with E-state index >= 15 is 0 Å². The van der Waals surface area contributed by atoms with Crippen molar-refractivity contribution in [2.24, 2.45) is 0 Å². The Hall–Kier alpha value is -2.28. The van der Waals surface area contributed by atoms with Crippen LogP contribution in [0.1, 0.15) is 25.8 Å². The molecule has 2 atom stereocenters. The van der Waals surface area contributed by atoms with Crippen LogP contribution in [0.15, 0.2) is 30.3 Å². The molecule has 2 unspecified atom stereocenters. The largest absolute Gasteiger partial charge is 0.338 e. The normalized spacial score (nSPS) is 24.6. The van der Waals surface area contributed by atoms with Gasteiger partial charge in [-0.25, -0.2) is 0 Å². The van der Waals surface area contributed by atoms with Gasteiger partial charge in [0.1, 0.15) is 5.54 Å². The molecule has 0 bridgehead atoms. The minimum Gasteiger partial charge on any atom is -0.338 e. The van der Waals surface area contributed by atoms with E-state index < -0.39 is 5.54 Å². The molecule has 2 amide bonds. The first-order chi connectivity index (χ1) is 9.49. The molecule has 0 spiro atoms. The summed E-state index contributed by atoms with van der Waals surface area (Å²) in [6, 6.07) is 8.90. The van der Waals surface area contributed by atoms with Gasteiger partial charge in [-0.2, -0.15) is 0 Å². The fraction of sp³-hybridized carbons (Fsp3) is 0.375. The van der Waals surface area contributed by atoms with Gasteiger partial charge in [-0.3, -0.25) is 9.59 Å². The second kappa shape index (κ2) is 5.38. The summed E-state index contributed by atoms with van der Waals surface area (Å²) in [5, 5.41) is 2.83. The molecule has 2 rings (SSSR count). The van der Waals surface area contributed by atoms with E-state index in [1.165, 1.54) is 0 Å². The third-order valence-corrected chi connectivity index (χ3v) is 3.72. The minimum absolute atomic E-state index is 0.142. The Labute approximate surface area is 119 Å². The Morgan fingerprint density at radius 2 is 2.00 bits per heavy atom. The smallest absolute Gasteiger partial charge is 0.253 e. The van der Waals surface area contributed by atoms with E-state index in [1.54, 1.807) is 18.7 Å². The van der Waals surface area contributed by atoms with Crippen LogP contribution in [0, 0.1) is 12.3 Å². The summed E-state index contributed by atoms with van der Waals surface area (Å²) >= 11 is 0. The second-order valence-electron chi connectivity index (χ2n) is 5.13. The molecule has 1 aliphatic rings. The Morgan fingerprint density at radius 3 is 2.60 bits per heavy atom. The summed E-state index contributed by atoms with van der Waals surface area (Å²) < 4.78 is 0. The second-order valence-corrected chi connectivity index (χ2v) is 5.13. The van der Waals surface area contributed by atoms with Crippen LogP contribution in [0.4, 0.5) is 0 Å². The molecule has 0 aromatic heterocycles. The van der Waals surface area contributed by atoms with Crippen LogP contribution < -0.4 is 5.32 Å². The zero-order valence-electron chi connectivity index (χ0n) is 11.7. The van der Waals surface area contributed by atoms with Crippen molar-refractivity contribution in [2.45, 2.75) is 31.8 Å². The van der Waals surface area contributed by atoms with Crippen molar-refractivity contribution in [1.82, 2.24) is 10.2 Å². The highest BCUT2D eigenvalue weighted by Crippen LogP contribution is 2.26. The van der Waals surface area contributed by atoms with E-state index in [4.69, 9.17) is 6.42 Å². The number of hydrogen-bond acceptors (Lipinski definition) is 2. The molecule has 104 valence electrons. The standard InChI is InChI=1S/C16H18N2O2/c1-4-12(2)18-11-10-14(19)17-16(3,15(18)20)13-8-6-5-7-9-13/h1,5-9,12H,10-11H2,2-3H3,(H,17,19). The summed E-state index contributed by atoms with van der Waals surface area (Å²) in [4.78, 5) is 26.3. The molecule has 1 fully saturated rings. The fourth-order valence-electron chi connectivity index (χ4n) is 2.43. The molecular formula is C16H18N2O2. The van der Waals surface area contributed by atoms with Crippen LogP contribution in [-0.2, 0) is 15.1 Å². The topological polar surface area (TPSA) is 49.4 Å². The van der Waals surface area contributed by atoms with Gasteiger partial charge in [-0.1, -0.05) is 36.3 Å². The van der Waals surface area contributed by atoms with Crippen molar-refractivity contribution >= 4 is 11.8 Å². The van der Waals surface area contributed by atoms with Crippen LogP contribution in [0.25, 0.3) is 0 Å². The van der Waals surface area contributed by atoms with Crippen molar-refractivity contribution in [3.05, 3.63) is 35.9 Å². The number of benzene rings is 1. The Balaban J connectivity index is 2.46. The number of amides is 2. The quantitative estimate of drug-likeness (QED) is 0.823. The lowest BCUT2D eigenvalue weighted by molar-refractivity contribution is -0.139. The number of nitrogens with one attached hydrogen (secondary N) is 1. The van der Waals surface area contributed by atoms with Gasteiger partial charge >= 0.3 is 0 Å². The van der Waals surface area contributed by atoms with Crippen molar-refractivity contribution < 1.29 is 9.59 Å². The molecular weight excluding hydrogens is 252 g/mol. The van der Waals surface area contributed by atoms with Gasteiger partial charge in [0.05, 0.1) is 6.04 Å². The van der Waals surface area contributed by atoms with Crippen molar-refractivity contribution in [1.29, 1.82) is 0 Å². The maximum atomic E-state index is 12.8. The molecule has 0 aliphatic carbocycles. The molecule has 4 nitrogen and oxygen atoms in total. The fourth-order valence-corrected chi connectivity index (χ4v) is 2.43. The lowest BCUT2D eigenvalue weighted by atomic mass is 9.90. The maximum absolute atomic E-state index is 12.8. The van der Waals surface area contributed by atoms with Gasteiger partial charge in [0.15, 0.2) is 0 Å². The van der Waals surface area contributed by atoms with E-state index in [-0.39, 0.29) is 24.3 Å². The third kappa shape index (κ3) is 2.39. The Kier molecular flexibility index (Phi) is 3.80. The molecule has 20 heavy (non-hydrogen) atoms. The summed E-state index contributed by atoms with van der Waals surface area (Å²) in [6.07, 6.45) is 5.69. The molecule has 0 saturated carbocycles. The van der Waals surface area contributed by atoms with E-state index in [0.29, 0.717) is 6.54 Å². The molecule has 1 saturated heterocycles. The highest BCUT2D eigenvalue weighted by molar-refractivity contribution is 5.94. The molecule has 1 N–H and O–H groups in total. The lowest BCUT2D eigenvalue weighted by Crippen LogP contribution is -2.54. The molecule has 0 radical (unpaired) electrons. The Morgan fingerprint density at radius 1 is 1.35 bits per heavy atom. The molecule has 4 heteroatoms. The van der Waals surface area contributed by atoms with Crippen molar-refractivity contribution in [3.8, 4) is 12.3 Å². The maximum Gasteiger partial charge on any atom is 0.253 e. The zero-order valence-corrected chi connectivity index (χ0v) is 11.7. The van der Waals surface area contributed by atoms with Crippen LogP contribution >= 0.6 is 0 Å². The number of carbonyl (C=O) groups is 2. The molecule has 1 heterocycles. The third-order valence-electron chi connectivity index (χ3n) is 3.72. The average molecular weight is 270 g/mol. The van der Waals surface area contributed by atoms with Gasteiger partial charge in [0.25, 0.3) is 5.91 Å².